The molecular weight excluding hydrogens is 238 g/mol. The summed E-state index contributed by atoms with van der Waals surface area (Å²) >= 11 is 6.23. The number of halogens is 1. The smallest absolute Gasteiger partial charge is 0.131 e. The van der Waals surface area contributed by atoms with E-state index < -0.39 is 0 Å². The van der Waals surface area contributed by atoms with Gasteiger partial charge in [0.2, 0.25) is 0 Å². The molecule has 98 valence electrons. The van der Waals surface area contributed by atoms with E-state index in [1.54, 1.807) is 4.68 Å². The summed E-state index contributed by atoms with van der Waals surface area (Å²) in [6, 6.07) is 0.274. The van der Waals surface area contributed by atoms with Crippen molar-refractivity contribution in [3.05, 3.63) is 16.4 Å². The Bertz CT molecular complexity index is 363. The molecule has 1 rings (SSSR count). The Morgan fingerprint density at radius 2 is 2.06 bits per heavy atom. The monoisotopic (exact) mass is 259 g/mol. The first-order valence-electron chi connectivity index (χ1n) is 6.02. The fourth-order valence-corrected chi connectivity index (χ4v) is 1.97. The maximum atomic E-state index is 8.85. The van der Waals surface area contributed by atoms with Crippen molar-refractivity contribution in [2.45, 2.75) is 45.7 Å². The van der Waals surface area contributed by atoms with Gasteiger partial charge in [-0.15, -0.1) is 0 Å². The number of aromatic nitrogens is 2. The maximum Gasteiger partial charge on any atom is 0.131 e. The van der Waals surface area contributed by atoms with Crippen molar-refractivity contribution in [1.29, 1.82) is 0 Å². The van der Waals surface area contributed by atoms with Crippen LogP contribution in [0.2, 0.25) is 5.15 Å². The van der Waals surface area contributed by atoms with Crippen molar-refractivity contribution in [1.82, 2.24) is 15.1 Å². The highest BCUT2D eigenvalue weighted by Gasteiger charge is 2.17. The molecule has 4 nitrogen and oxygen atoms in total. The molecule has 0 saturated carbocycles. The highest BCUT2D eigenvalue weighted by Crippen LogP contribution is 2.25. The molecule has 0 aliphatic rings. The molecule has 0 bridgehead atoms. The van der Waals surface area contributed by atoms with Gasteiger partial charge in [0.1, 0.15) is 5.15 Å². The first-order valence-corrected chi connectivity index (χ1v) is 6.40. The summed E-state index contributed by atoms with van der Waals surface area (Å²) in [7, 11) is 1.86. The number of hydrogen-bond acceptors (Lipinski definition) is 3. The fraction of sp³-hybridized carbons (Fsp3) is 0.750. The lowest BCUT2D eigenvalue weighted by atomic mass is 10.1. The molecule has 0 aromatic carbocycles. The Labute approximate surface area is 108 Å². The van der Waals surface area contributed by atoms with Crippen LogP contribution in [0.15, 0.2) is 0 Å². The van der Waals surface area contributed by atoms with Gasteiger partial charge in [-0.05, 0) is 19.3 Å². The van der Waals surface area contributed by atoms with E-state index in [4.69, 9.17) is 16.7 Å². The molecule has 0 spiro atoms. The zero-order valence-corrected chi connectivity index (χ0v) is 11.8. The van der Waals surface area contributed by atoms with Gasteiger partial charge in [0.05, 0.1) is 5.69 Å². The molecule has 17 heavy (non-hydrogen) atoms. The third-order valence-electron chi connectivity index (χ3n) is 2.84. The van der Waals surface area contributed by atoms with Gasteiger partial charge in [-0.1, -0.05) is 25.4 Å². The maximum absolute atomic E-state index is 8.85. The molecule has 1 unspecified atom stereocenters. The first-order chi connectivity index (χ1) is 7.97. The topological polar surface area (TPSA) is 50.1 Å². The number of nitrogens with zero attached hydrogens (tertiary/aromatic N) is 2. The Balaban J connectivity index is 2.75. The lowest BCUT2D eigenvalue weighted by Crippen LogP contribution is -2.26. The van der Waals surface area contributed by atoms with Crippen molar-refractivity contribution < 1.29 is 5.11 Å². The van der Waals surface area contributed by atoms with Crippen LogP contribution >= 0.6 is 11.6 Å². The summed E-state index contributed by atoms with van der Waals surface area (Å²) < 4.78 is 1.71. The minimum atomic E-state index is 0.200. The van der Waals surface area contributed by atoms with E-state index in [-0.39, 0.29) is 12.6 Å². The lowest BCUT2D eigenvalue weighted by Gasteiger charge is -2.13. The fourth-order valence-electron chi connectivity index (χ4n) is 1.77. The van der Waals surface area contributed by atoms with Gasteiger partial charge >= 0.3 is 0 Å². The molecule has 0 amide bonds. The van der Waals surface area contributed by atoms with Crippen LogP contribution in [0.25, 0.3) is 0 Å². The number of rotatable bonds is 6. The summed E-state index contributed by atoms with van der Waals surface area (Å²) in [6.07, 6.45) is 0.745. The first kappa shape index (κ1) is 14.5. The zero-order valence-electron chi connectivity index (χ0n) is 11.0. The summed E-state index contributed by atoms with van der Waals surface area (Å²) in [5, 5.41) is 17.3. The Kier molecular flexibility index (Phi) is 5.43. The van der Waals surface area contributed by atoms with Crippen LogP contribution in [0.1, 0.15) is 44.4 Å². The van der Waals surface area contributed by atoms with Gasteiger partial charge < -0.3 is 10.4 Å². The number of aliphatic hydroxyl groups excluding tert-OH is 1. The average Bonchev–Trinajstić information content (AvgIpc) is 2.54. The van der Waals surface area contributed by atoms with E-state index in [2.05, 4.69) is 31.2 Å². The summed E-state index contributed by atoms with van der Waals surface area (Å²) in [6.45, 7) is 7.17. The van der Waals surface area contributed by atoms with Gasteiger partial charge in [-0.3, -0.25) is 4.68 Å². The number of nitrogens with one attached hydrogen (secondary N) is 1. The highest BCUT2D eigenvalue weighted by molar-refractivity contribution is 6.30. The van der Waals surface area contributed by atoms with E-state index in [1.807, 2.05) is 7.05 Å². The van der Waals surface area contributed by atoms with Crippen LogP contribution in [0.4, 0.5) is 0 Å². The van der Waals surface area contributed by atoms with Crippen LogP contribution in [0.5, 0.6) is 0 Å². The molecule has 1 atom stereocenters. The second kappa shape index (κ2) is 6.38. The molecule has 1 aromatic rings. The van der Waals surface area contributed by atoms with Crippen molar-refractivity contribution in [2.24, 2.45) is 7.05 Å². The van der Waals surface area contributed by atoms with Crippen molar-refractivity contribution >= 4 is 11.6 Å². The van der Waals surface area contributed by atoms with Crippen LogP contribution < -0.4 is 5.32 Å². The van der Waals surface area contributed by atoms with Crippen LogP contribution in [0.3, 0.4) is 0 Å². The predicted octanol–water partition coefficient (Wildman–Crippen LogP) is 2.06. The Morgan fingerprint density at radius 1 is 1.41 bits per heavy atom. The van der Waals surface area contributed by atoms with E-state index in [9.17, 15) is 0 Å². The van der Waals surface area contributed by atoms with Gasteiger partial charge in [0.25, 0.3) is 0 Å². The SMILES string of the molecule is CC(CCO)NCc1c(C(C)C)nn(C)c1Cl. The standard InChI is InChI=1S/C12H22ClN3O/c1-8(2)11-10(12(13)16(4)15-11)7-14-9(3)5-6-17/h8-9,14,17H,5-7H2,1-4H3. The van der Waals surface area contributed by atoms with Gasteiger partial charge in [-0.25, -0.2) is 0 Å². The second-order valence-corrected chi connectivity index (χ2v) is 5.09. The van der Waals surface area contributed by atoms with Gasteiger partial charge in [-0.2, -0.15) is 5.10 Å². The molecule has 0 radical (unpaired) electrons. The average molecular weight is 260 g/mol. The molecule has 0 saturated heterocycles. The quantitative estimate of drug-likeness (QED) is 0.822. The minimum Gasteiger partial charge on any atom is -0.396 e. The van der Waals surface area contributed by atoms with Gasteiger partial charge in [0, 0.05) is 31.8 Å². The van der Waals surface area contributed by atoms with E-state index >= 15 is 0 Å². The molecule has 5 heteroatoms. The predicted molar refractivity (Wildman–Crippen MR) is 70.3 cm³/mol. The Morgan fingerprint density at radius 3 is 2.59 bits per heavy atom. The zero-order chi connectivity index (χ0) is 13.0. The summed E-state index contributed by atoms with van der Waals surface area (Å²) in [5.41, 5.74) is 2.11. The molecule has 0 fully saturated rings. The van der Waals surface area contributed by atoms with E-state index in [0.717, 1.165) is 17.7 Å². The minimum absolute atomic E-state index is 0.200. The number of hydrogen-bond donors (Lipinski definition) is 2. The Hall–Kier alpha value is -0.580. The summed E-state index contributed by atoms with van der Waals surface area (Å²) in [4.78, 5) is 0. The largest absolute Gasteiger partial charge is 0.396 e. The van der Waals surface area contributed by atoms with E-state index in [1.165, 1.54) is 0 Å². The van der Waals surface area contributed by atoms with Crippen molar-refractivity contribution in [3.8, 4) is 0 Å². The molecule has 1 heterocycles. The third kappa shape index (κ3) is 3.69. The third-order valence-corrected chi connectivity index (χ3v) is 3.31. The molecule has 0 aliphatic heterocycles. The normalized spacial score (nSPS) is 13.4. The van der Waals surface area contributed by atoms with Gasteiger partial charge in [0.15, 0.2) is 0 Å². The van der Waals surface area contributed by atoms with Crippen molar-refractivity contribution in [3.63, 3.8) is 0 Å². The molecule has 2 N–H and O–H groups in total. The highest BCUT2D eigenvalue weighted by atomic mass is 35.5. The molecule has 1 aromatic heterocycles. The van der Waals surface area contributed by atoms with E-state index in [0.29, 0.717) is 17.6 Å². The summed E-state index contributed by atoms with van der Waals surface area (Å²) in [5.74, 6) is 0.360. The molecule has 0 aliphatic carbocycles. The lowest BCUT2D eigenvalue weighted by molar-refractivity contribution is 0.268. The van der Waals surface area contributed by atoms with Crippen LogP contribution in [0, 0.1) is 0 Å². The number of aryl methyl sites for hydroxylation is 1. The van der Waals surface area contributed by atoms with Crippen molar-refractivity contribution in [2.75, 3.05) is 6.61 Å². The second-order valence-electron chi connectivity index (χ2n) is 4.73. The molecular formula is C12H22ClN3O. The van der Waals surface area contributed by atoms with Crippen LogP contribution in [-0.4, -0.2) is 27.5 Å². The number of aliphatic hydroxyl groups is 1. The van der Waals surface area contributed by atoms with Crippen LogP contribution in [-0.2, 0) is 13.6 Å².